The van der Waals surface area contributed by atoms with Crippen LogP contribution in [0.3, 0.4) is 0 Å². The van der Waals surface area contributed by atoms with Gasteiger partial charge in [0.25, 0.3) is 6.43 Å². The lowest BCUT2D eigenvalue weighted by Crippen LogP contribution is -2.49. The molecule has 1 aromatic carbocycles. The van der Waals surface area contributed by atoms with Crippen LogP contribution in [0.1, 0.15) is 50.0 Å². The van der Waals surface area contributed by atoms with E-state index in [-0.39, 0.29) is 11.8 Å². The van der Waals surface area contributed by atoms with Crippen molar-refractivity contribution in [3.63, 3.8) is 0 Å². The summed E-state index contributed by atoms with van der Waals surface area (Å²) in [7, 11) is 0. The fourth-order valence-electron chi connectivity index (χ4n) is 4.64. The van der Waals surface area contributed by atoms with Gasteiger partial charge in [-0.3, -0.25) is 14.9 Å². The van der Waals surface area contributed by atoms with Crippen LogP contribution in [-0.2, 0) is 17.7 Å². The normalized spacial score (nSPS) is 14.8. The lowest BCUT2D eigenvalue weighted by atomic mass is 10.1. The lowest BCUT2D eigenvalue weighted by molar-refractivity contribution is 0.0139. The van der Waals surface area contributed by atoms with Crippen LogP contribution >= 0.6 is 0 Å². The van der Waals surface area contributed by atoms with Crippen molar-refractivity contribution in [3.8, 4) is 11.1 Å². The molecule has 0 spiro atoms. The van der Waals surface area contributed by atoms with E-state index in [4.69, 9.17) is 9.72 Å². The summed E-state index contributed by atoms with van der Waals surface area (Å²) in [5, 5.41) is 0. The Morgan fingerprint density at radius 1 is 1.00 bits per heavy atom. The van der Waals surface area contributed by atoms with Crippen molar-refractivity contribution < 1.29 is 18.3 Å². The first kappa shape index (κ1) is 26.7. The van der Waals surface area contributed by atoms with E-state index < -0.39 is 12.0 Å². The number of nitrogens with one attached hydrogen (secondary N) is 1. The molecule has 10 heteroatoms. The Morgan fingerprint density at radius 3 is 2.49 bits per heavy atom. The van der Waals surface area contributed by atoms with Gasteiger partial charge >= 0.3 is 6.09 Å². The van der Waals surface area contributed by atoms with Crippen LogP contribution in [0.15, 0.2) is 54.9 Å². The van der Waals surface area contributed by atoms with Crippen molar-refractivity contribution in [2.24, 2.45) is 0 Å². The largest absolute Gasteiger partial charge is 0.444 e. The highest BCUT2D eigenvalue weighted by molar-refractivity contribution is 5.82. The number of aromatic amines is 1. The molecule has 1 aliphatic rings. The Balaban J connectivity index is 1.22. The number of carbonyl (C=O) groups excluding carboxylic acids is 1. The number of H-pyrrole nitrogens is 1. The van der Waals surface area contributed by atoms with Gasteiger partial charge in [-0.1, -0.05) is 6.07 Å². The molecule has 0 saturated carbocycles. The number of ether oxygens (including phenoxy) is 1. The van der Waals surface area contributed by atoms with E-state index in [2.05, 4.69) is 25.9 Å². The van der Waals surface area contributed by atoms with Crippen molar-refractivity contribution in [3.05, 3.63) is 77.6 Å². The molecular formula is C29H32F2N6O2. The van der Waals surface area contributed by atoms with Crippen LogP contribution in [-0.4, -0.2) is 67.6 Å². The minimum absolute atomic E-state index is 0.242. The molecule has 8 nitrogen and oxygen atoms in total. The number of aromatic nitrogens is 4. The van der Waals surface area contributed by atoms with Crippen LogP contribution in [0.4, 0.5) is 13.6 Å². The summed E-state index contributed by atoms with van der Waals surface area (Å²) in [4.78, 5) is 32.7. The van der Waals surface area contributed by atoms with Crippen LogP contribution in [0.5, 0.6) is 0 Å². The van der Waals surface area contributed by atoms with E-state index >= 15 is 0 Å². The molecule has 1 aliphatic heterocycles. The minimum Gasteiger partial charge on any atom is -0.444 e. The quantitative estimate of drug-likeness (QED) is 0.347. The highest BCUT2D eigenvalue weighted by atomic mass is 19.3. The third kappa shape index (κ3) is 6.75. The summed E-state index contributed by atoms with van der Waals surface area (Å²) < 4.78 is 31.6. The summed E-state index contributed by atoms with van der Waals surface area (Å²) >= 11 is 0. The SMILES string of the molecule is CC(C)(C)OC(=O)N1CCN(Cc2ccnc(Cc3nc4ccc(-c5ccnc(C(F)F)c5)cc4[nH]3)c2)CC1. The maximum absolute atomic E-state index is 13.1. The van der Waals surface area contributed by atoms with Crippen molar-refractivity contribution in [2.75, 3.05) is 26.2 Å². The van der Waals surface area contributed by atoms with Crippen molar-refractivity contribution in [2.45, 2.75) is 45.8 Å². The van der Waals surface area contributed by atoms with E-state index in [0.717, 1.165) is 53.3 Å². The van der Waals surface area contributed by atoms with E-state index in [0.29, 0.717) is 25.1 Å². The molecule has 3 aromatic heterocycles. The zero-order valence-electron chi connectivity index (χ0n) is 22.3. The summed E-state index contributed by atoms with van der Waals surface area (Å²) in [6.07, 6.45) is 0.878. The molecule has 0 unspecified atom stereocenters. The molecule has 1 amide bonds. The third-order valence-corrected chi connectivity index (χ3v) is 6.53. The first-order valence-electron chi connectivity index (χ1n) is 13.0. The highest BCUT2D eigenvalue weighted by Crippen LogP contribution is 2.27. The predicted molar refractivity (Wildman–Crippen MR) is 144 cm³/mol. The molecule has 0 atom stereocenters. The summed E-state index contributed by atoms with van der Waals surface area (Å²) in [6.45, 7) is 9.22. The van der Waals surface area contributed by atoms with Crippen LogP contribution in [0.25, 0.3) is 22.2 Å². The molecule has 5 rings (SSSR count). The number of nitrogens with zero attached hydrogens (tertiary/aromatic N) is 5. The van der Waals surface area contributed by atoms with Crippen molar-refractivity contribution >= 4 is 17.1 Å². The number of hydrogen-bond donors (Lipinski definition) is 1. The average molecular weight is 535 g/mol. The number of imidazole rings is 1. The van der Waals surface area contributed by atoms with E-state index in [1.165, 1.54) is 12.3 Å². The minimum atomic E-state index is -2.61. The number of alkyl halides is 2. The fourth-order valence-corrected chi connectivity index (χ4v) is 4.64. The smallest absolute Gasteiger partial charge is 0.410 e. The Morgan fingerprint density at radius 2 is 1.74 bits per heavy atom. The second-order valence-corrected chi connectivity index (χ2v) is 10.8. The number of pyridine rings is 2. The first-order chi connectivity index (χ1) is 18.6. The zero-order valence-corrected chi connectivity index (χ0v) is 22.3. The number of halogens is 2. The maximum atomic E-state index is 13.1. The Hall–Kier alpha value is -3.92. The molecule has 1 saturated heterocycles. The Bertz CT molecular complexity index is 1460. The molecule has 39 heavy (non-hydrogen) atoms. The van der Waals surface area contributed by atoms with Gasteiger partial charge in [0.1, 0.15) is 17.1 Å². The van der Waals surface area contributed by atoms with Gasteiger partial charge in [-0.25, -0.2) is 18.6 Å². The van der Waals surface area contributed by atoms with E-state index in [9.17, 15) is 13.6 Å². The van der Waals surface area contributed by atoms with Crippen LogP contribution < -0.4 is 0 Å². The number of carbonyl (C=O) groups is 1. The fraction of sp³-hybridized carbons (Fsp3) is 0.379. The number of amides is 1. The first-order valence-corrected chi connectivity index (χ1v) is 13.0. The highest BCUT2D eigenvalue weighted by Gasteiger charge is 2.26. The van der Waals surface area contributed by atoms with Crippen molar-refractivity contribution in [1.29, 1.82) is 0 Å². The number of hydrogen-bond acceptors (Lipinski definition) is 6. The van der Waals surface area contributed by atoms with Gasteiger partial charge in [0.2, 0.25) is 0 Å². The summed E-state index contributed by atoms with van der Waals surface area (Å²) in [5.41, 5.74) is 4.44. The molecular weight excluding hydrogens is 502 g/mol. The molecule has 4 heterocycles. The zero-order chi connectivity index (χ0) is 27.6. The van der Waals surface area contributed by atoms with Crippen LogP contribution in [0, 0.1) is 0 Å². The second-order valence-electron chi connectivity index (χ2n) is 10.8. The van der Waals surface area contributed by atoms with Gasteiger partial charge < -0.3 is 14.6 Å². The molecule has 1 N–H and O–H groups in total. The van der Waals surface area contributed by atoms with Gasteiger partial charge in [0.15, 0.2) is 0 Å². The lowest BCUT2D eigenvalue weighted by Gasteiger charge is -2.35. The van der Waals surface area contributed by atoms with Gasteiger partial charge in [0, 0.05) is 57.2 Å². The van der Waals surface area contributed by atoms with Crippen molar-refractivity contribution in [1.82, 2.24) is 29.7 Å². The summed E-state index contributed by atoms with van der Waals surface area (Å²) in [6, 6.07) is 12.9. The molecule has 1 fully saturated rings. The van der Waals surface area contributed by atoms with Crippen LogP contribution in [0.2, 0.25) is 0 Å². The van der Waals surface area contributed by atoms with E-state index in [1.54, 1.807) is 11.0 Å². The van der Waals surface area contributed by atoms with Gasteiger partial charge in [-0.05, 0) is 73.9 Å². The Kier molecular flexibility index (Phi) is 7.56. The molecule has 204 valence electrons. The maximum Gasteiger partial charge on any atom is 0.410 e. The van der Waals surface area contributed by atoms with Gasteiger partial charge in [-0.15, -0.1) is 0 Å². The number of fused-ring (bicyclic) bond motifs is 1. The molecule has 0 bridgehead atoms. The molecule has 0 aliphatic carbocycles. The topological polar surface area (TPSA) is 87.2 Å². The number of benzene rings is 1. The summed E-state index contributed by atoms with van der Waals surface area (Å²) in [5.74, 6) is 0.778. The second kappa shape index (κ2) is 11.1. The van der Waals surface area contributed by atoms with E-state index in [1.807, 2.05) is 51.2 Å². The predicted octanol–water partition coefficient (Wildman–Crippen LogP) is 5.60. The van der Waals surface area contributed by atoms with Gasteiger partial charge in [-0.2, -0.15) is 0 Å². The standard InChI is InChI=1S/C29H32F2N6O2/c1-29(2,3)39-28(38)37-12-10-36(11-13-37)18-19-6-8-32-22(14-19)17-26-34-23-5-4-20(15-24(23)35-26)21-7-9-33-25(16-21)27(30)31/h4-9,14-16,27H,10-13,17-18H2,1-3H3,(H,34,35). The van der Waals surface area contributed by atoms with Gasteiger partial charge in [0.05, 0.1) is 11.0 Å². The average Bonchev–Trinajstić information content (AvgIpc) is 3.30. The number of rotatable bonds is 6. The monoisotopic (exact) mass is 534 g/mol. The third-order valence-electron chi connectivity index (χ3n) is 6.53. The Labute approximate surface area is 226 Å². The molecule has 0 radical (unpaired) electrons. The number of piperazine rings is 1. The molecule has 4 aromatic rings.